The molecule has 0 bridgehead atoms. The van der Waals surface area contributed by atoms with Crippen LogP contribution in [0.25, 0.3) is 0 Å². The predicted molar refractivity (Wildman–Crippen MR) is 59.9 cm³/mol. The Labute approximate surface area is 91.5 Å². The molecule has 0 aromatic carbocycles. The van der Waals surface area contributed by atoms with Crippen molar-refractivity contribution >= 4 is 27.8 Å². The lowest BCUT2D eigenvalue weighted by atomic mass is 10.3. The van der Waals surface area contributed by atoms with Crippen LogP contribution >= 0.6 is 11.3 Å². The van der Waals surface area contributed by atoms with Crippen molar-refractivity contribution in [3.8, 4) is 0 Å². The molecule has 0 unspecified atom stereocenters. The summed E-state index contributed by atoms with van der Waals surface area (Å²) >= 11 is 1.16. The largest absolute Gasteiger partial charge is 0.361 e. The van der Waals surface area contributed by atoms with Crippen LogP contribution in [-0.4, -0.2) is 24.3 Å². The van der Waals surface area contributed by atoms with Crippen LogP contribution in [0.2, 0.25) is 0 Å². The van der Waals surface area contributed by atoms with E-state index >= 15 is 0 Å². The summed E-state index contributed by atoms with van der Waals surface area (Å²) < 4.78 is 0. The summed E-state index contributed by atoms with van der Waals surface area (Å²) in [6.45, 7) is 3.97. The highest BCUT2D eigenvalue weighted by Crippen LogP contribution is 2.36. The lowest BCUT2D eigenvalue weighted by Crippen LogP contribution is -2.15. The van der Waals surface area contributed by atoms with E-state index in [2.05, 4.69) is 0 Å². The molecule has 0 aliphatic carbocycles. The topological polar surface area (TPSA) is 63.5 Å². The van der Waals surface area contributed by atoms with E-state index in [1.807, 2.05) is 6.92 Å². The fourth-order valence-electron chi connectivity index (χ4n) is 1.09. The molecular formula is C9H12N2O3S. The maximum atomic E-state index is 11.1. The number of ketones is 1. The molecule has 6 heteroatoms. The second-order valence-electron chi connectivity index (χ2n) is 3.13. The zero-order valence-corrected chi connectivity index (χ0v) is 9.63. The van der Waals surface area contributed by atoms with Gasteiger partial charge in [-0.15, -0.1) is 11.3 Å². The molecule has 0 amide bonds. The van der Waals surface area contributed by atoms with Crippen molar-refractivity contribution in [2.24, 2.45) is 0 Å². The molecule has 0 N–H and O–H groups in total. The van der Waals surface area contributed by atoms with E-state index in [-0.39, 0.29) is 11.5 Å². The van der Waals surface area contributed by atoms with Gasteiger partial charge >= 0.3 is 5.69 Å². The van der Waals surface area contributed by atoms with Gasteiger partial charge in [-0.3, -0.25) is 14.9 Å². The van der Waals surface area contributed by atoms with Crippen LogP contribution in [0.5, 0.6) is 0 Å². The van der Waals surface area contributed by atoms with Crippen molar-refractivity contribution in [1.82, 2.24) is 0 Å². The van der Waals surface area contributed by atoms with Gasteiger partial charge in [0.2, 0.25) is 0 Å². The third kappa shape index (κ3) is 2.33. The minimum atomic E-state index is -0.454. The Morgan fingerprint density at radius 1 is 1.67 bits per heavy atom. The minimum absolute atomic E-state index is 0.00884. The normalized spacial score (nSPS) is 10.1. The summed E-state index contributed by atoms with van der Waals surface area (Å²) in [7, 11) is 1.77. The second kappa shape index (κ2) is 4.39. The predicted octanol–water partition coefficient (Wildman–Crippen LogP) is 2.32. The molecular weight excluding hydrogens is 216 g/mol. The molecule has 1 heterocycles. The number of hydrogen-bond acceptors (Lipinski definition) is 5. The molecule has 5 nitrogen and oxygen atoms in total. The number of thiophene rings is 1. The molecule has 15 heavy (non-hydrogen) atoms. The maximum Gasteiger partial charge on any atom is 0.304 e. The molecule has 0 saturated carbocycles. The van der Waals surface area contributed by atoms with E-state index in [0.29, 0.717) is 16.4 Å². The highest BCUT2D eigenvalue weighted by molar-refractivity contribution is 7.18. The number of Topliss-reactive ketones (excluding diaryl/α,β-unsaturated/α-hetero) is 1. The molecule has 1 rings (SSSR count). The Kier molecular flexibility index (Phi) is 3.41. The first-order chi connectivity index (χ1) is 6.97. The third-order valence-electron chi connectivity index (χ3n) is 2.06. The van der Waals surface area contributed by atoms with Crippen LogP contribution in [0.1, 0.15) is 23.5 Å². The Morgan fingerprint density at radius 3 is 2.67 bits per heavy atom. The van der Waals surface area contributed by atoms with Gasteiger partial charge in [0, 0.05) is 19.7 Å². The van der Waals surface area contributed by atoms with Gasteiger partial charge in [0.1, 0.15) is 0 Å². The van der Waals surface area contributed by atoms with Crippen molar-refractivity contribution in [3.63, 3.8) is 0 Å². The van der Waals surface area contributed by atoms with E-state index in [0.717, 1.165) is 11.3 Å². The number of nitrogens with zero attached hydrogens (tertiary/aromatic N) is 2. The Balaban J connectivity index is 3.23. The van der Waals surface area contributed by atoms with Gasteiger partial charge in [0.05, 0.1) is 9.80 Å². The third-order valence-corrected chi connectivity index (χ3v) is 3.40. The summed E-state index contributed by atoms with van der Waals surface area (Å²) in [6, 6.07) is 1.34. The lowest BCUT2D eigenvalue weighted by molar-refractivity contribution is -0.383. The Morgan fingerprint density at radius 2 is 2.27 bits per heavy atom. The van der Waals surface area contributed by atoms with Gasteiger partial charge in [-0.05, 0) is 13.8 Å². The molecule has 0 radical (unpaired) electrons. The standard InChI is InChI=1S/C9H12N2O3S/c1-4-10(3)9-7(11(13)14)5-8(15-9)6(2)12/h5H,4H2,1-3H3. The van der Waals surface area contributed by atoms with Crippen LogP contribution in [-0.2, 0) is 0 Å². The van der Waals surface area contributed by atoms with Crippen LogP contribution in [0.3, 0.4) is 0 Å². The van der Waals surface area contributed by atoms with Gasteiger partial charge in [0.15, 0.2) is 10.8 Å². The number of anilines is 1. The van der Waals surface area contributed by atoms with Crippen LogP contribution in [0, 0.1) is 10.1 Å². The van der Waals surface area contributed by atoms with E-state index < -0.39 is 4.92 Å². The maximum absolute atomic E-state index is 11.1. The Bertz CT molecular complexity index is 400. The molecule has 0 saturated heterocycles. The van der Waals surface area contributed by atoms with Crippen molar-refractivity contribution in [2.45, 2.75) is 13.8 Å². The van der Waals surface area contributed by atoms with E-state index in [1.165, 1.54) is 13.0 Å². The van der Waals surface area contributed by atoms with E-state index in [1.54, 1.807) is 11.9 Å². The molecule has 0 aliphatic heterocycles. The van der Waals surface area contributed by atoms with Crippen molar-refractivity contribution < 1.29 is 9.72 Å². The molecule has 0 fully saturated rings. The summed E-state index contributed by atoms with van der Waals surface area (Å²) in [4.78, 5) is 23.6. The SMILES string of the molecule is CCN(C)c1sc(C(C)=O)cc1[N+](=O)[O-]. The van der Waals surface area contributed by atoms with Crippen LogP contribution in [0.15, 0.2) is 6.07 Å². The average molecular weight is 228 g/mol. The number of carbonyl (C=O) groups is 1. The molecule has 0 spiro atoms. The summed E-state index contributed by atoms with van der Waals surface area (Å²) in [5, 5.41) is 11.3. The minimum Gasteiger partial charge on any atom is -0.361 e. The van der Waals surface area contributed by atoms with Crippen molar-refractivity contribution in [1.29, 1.82) is 0 Å². The van der Waals surface area contributed by atoms with E-state index in [9.17, 15) is 14.9 Å². The van der Waals surface area contributed by atoms with Gasteiger partial charge < -0.3 is 4.90 Å². The molecule has 0 atom stereocenters. The highest BCUT2D eigenvalue weighted by atomic mass is 32.1. The molecule has 82 valence electrons. The average Bonchev–Trinajstić information content (AvgIpc) is 2.61. The number of rotatable bonds is 4. The number of carbonyl (C=O) groups excluding carboxylic acids is 1. The first-order valence-electron chi connectivity index (χ1n) is 4.47. The van der Waals surface area contributed by atoms with E-state index in [4.69, 9.17) is 0 Å². The smallest absolute Gasteiger partial charge is 0.304 e. The summed E-state index contributed by atoms with van der Waals surface area (Å²) in [6.07, 6.45) is 0. The first-order valence-corrected chi connectivity index (χ1v) is 5.29. The zero-order valence-electron chi connectivity index (χ0n) is 8.81. The quantitative estimate of drug-likeness (QED) is 0.450. The zero-order chi connectivity index (χ0) is 11.6. The lowest BCUT2D eigenvalue weighted by Gasteiger charge is -2.12. The van der Waals surface area contributed by atoms with Crippen molar-refractivity contribution in [3.05, 3.63) is 21.1 Å². The van der Waals surface area contributed by atoms with Gasteiger partial charge in [-0.25, -0.2) is 0 Å². The van der Waals surface area contributed by atoms with Crippen LogP contribution < -0.4 is 4.90 Å². The molecule has 1 aromatic rings. The molecule has 0 aliphatic rings. The van der Waals surface area contributed by atoms with Gasteiger partial charge in [-0.2, -0.15) is 0 Å². The van der Waals surface area contributed by atoms with Crippen LogP contribution in [0.4, 0.5) is 10.7 Å². The molecule has 1 aromatic heterocycles. The monoisotopic (exact) mass is 228 g/mol. The fourth-order valence-corrected chi connectivity index (χ4v) is 2.14. The summed E-state index contributed by atoms with van der Waals surface area (Å²) in [5.74, 6) is -0.140. The van der Waals surface area contributed by atoms with Gasteiger partial charge in [-0.1, -0.05) is 0 Å². The number of hydrogen-bond donors (Lipinski definition) is 0. The van der Waals surface area contributed by atoms with Gasteiger partial charge in [0.25, 0.3) is 0 Å². The van der Waals surface area contributed by atoms with Crippen molar-refractivity contribution in [2.75, 3.05) is 18.5 Å². The Hall–Kier alpha value is -1.43. The fraction of sp³-hybridized carbons (Fsp3) is 0.444. The highest BCUT2D eigenvalue weighted by Gasteiger charge is 2.22. The second-order valence-corrected chi connectivity index (χ2v) is 4.16. The first kappa shape index (κ1) is 11.6. The number of nitro groups is 1. The summed E-state index contributed by atoms with van der Waals surface area (Å²) in [5.41, 5.74) is 0.00884.